The van der Waals surface area contributed by atoms with Crippen LogP contribution in [0.3, 0.4) is 0 Å². The molecule has 0 aromatic heterocycles. The number of carbonyl (C=O) groups excluding carboxylic acids is 1. The van der Waals surface area contributed by atoms with Gasteiger partial charge in [-0.2, -0.15) is 21.6 Å². The van der Waals surface area contributed by atoms with Crippen LogP contribution in [0.5, 0.6) is 5.75 Å². The molecule has 0 spiro atoms. The predicted molar refractivity (Wildman–Crippen MR) is 88.7 cm³/mol. The zero-order chi connectivity index (χ0) is 20.1. The zero-order valence-corrected chi connectivity index (χ0v) is 15.4. The first-order valence-corrected chi connectivity index (χ1v) is 9.64. The van der Waals surface area contributed by atoms with Gasteiger partial charge < -0.3 is 19.0 Å². The molecule has 1 aliphatic rings. The Morgan fingerprint density at radius 3 is 2.67 bits per heavy atom. The fraction of sp³-hybridized carbons (Fsp3) is 0.562. The van der Waals surface area contributed by atoms with E-state index in [1.165, 1.54) is 19.2 Å². The number of hydrogen-bond acceptors (Lipinski definition) is 6. The lowest BCUT2D eigenvalue weighted by Gasteiger charge is -2.23. The molecule has 7 nitrogen and oxygen atoms in total. The molecule has 152 valence electrons. The second-order valence-electron chi connectivity index (χ2n) is 5.80. The van der Waals surface area contributed by atoms with Gasteiger partial charge in [-0.15, -0.1) is 0 Å². The molecule has 1 aromatic carbocycles. The van der Waals surface area contributed by atoms with Crippen LogP contribution in [0.25, 0.3) is 0 Å². The van der Waals surface area contributed by atoms with Crippen LogP contribution >= 0.6 is 0 Å². The largest absolute Gasteiger partial charge is 0.534 e. The molecule has 1 saturated heterocycles. The molecule has 0 bridgehead atoms. The summed E-state index contributed by atoms with van der Waals surface area (Å²) in [4.78, 5) is 11.7. The molecule has 1 amide bonds. The van der Waals surface area contributed by atoms with Crippen molar-refractivity contribution in [2.45, 2.75) is 37.5 Å². The lowest BCUT2D eigenvalue weighted by molar-refractivity contribution is -0.161. The lowest BCUT2D eigenvalue weighted by Crippen LogP contribution is -2.28. The van der Waals surface area contributed by atoms with E-state index in [2.05, 4.69) is 9.50 Å². The van der Waals surface area contributed by atoms with Gasteiger partial charge in [-0.1, -0.05) is 0 Å². The van der Waals surface area contributed by atoms with E-state index in [1.54, 1.807) is 0 Å². The van der Waals surface area contributed by atoms with Gasteiger partial charge in [0, 0.05) is 19.2 Å². The standard InChI is InChI=1S/C16H20F3NO6S/c1-20-15(21)12-5-6-13(26-27(22,23)16(17,18)19)11(10-12)7-9-25-14-4-2-3-8-24-14/h5-6,10,14H,2-4,7-9H2,1H3,(H,20,21). The van der Waals surface area contributed by atoms with Gasteiger partial charge in [0.2, 0.25) is 0 Å². The number of alkyl halides is 3. The van der Waals surface area contributed by atoms with E-state index in [4.69, 9.17) is 9.47 Å². The van der Waals surface area contributed by atoms with Crippen molar-refractivity contribution in [2.24, 2.45) is 0 Å². The van der Waals surface area contributed by atoms with Gasteiger partial charge in [0.15, 0.2) is 6.29 Å². The lowest BCUT2D eigenvalue weighted by atomic mass is 10.1. The number of ether oxygens (including phenoxy) is 2. The highest BCUT2D eigenvalue weighted by Crippen LogP contribution is 2.30. The van der Waals surface area contributed by atoms with Crippen molar-refractivity contribution < 1.29 is 40.0 Å². The quantitative estimate of drug-likeness (QED) is 0.547. The molecule has 0 radical (unpaired) electrons. The fourth-order valence-electron chi connectivity index (χ4n) is 2.45. The van der Waals surface area contributed by atoms with Crippen molar-refractivity contribution in [1.29, 1.82) is 0 Å². The van der Waals surface area contributed by atoms with Crippen LogP contribution in [0.2, 0.25) is 0 Å². The number of carbonyl (C=O) groups is 1. The molecule has 1 fully saturated rings. The third-order valence-electron chi connectivity index (χ3n) is 3.85. The van der Waals surface area contributed by atoms with E-state index in [1.807, 2.05) is 0 Å². The number of nitrogens with one attached hydrogen (secondary N) is 1. The Balaban J connectivity index is 2.17. The van der Waals surface area contributed by atoms with E-state index in [-0.39, 0.29) is 24.2 Å². The molecule has 1 atom stereocenters. The molecule has 2 rings (SSSR count). The molecular weight excluding hydrogens is 391 g/mol. The van der Waals surface area contributed by atoms with Gasteiger partial charge in [-0.3, -0.25) is 4.79 Å². The van der Waals surface area contributed by atoms with Gasteiger partial charge in [0.1, 0.15) is 5.75 Å². The first-order valence-electron chi connectivity index (χ1n) is 8.23. The predicted octanol–water partition coefficient (Wildman–Crippen LogP) is 2.36. The Kier molecular flexibility index (Phi) is 7.06. The van der Waals surface area contributed by atoms with Crippen molar-refractivity contribution in [1.82, 2.24) is 5.32 Å². The molecule has 27 heavy (non-hydrogen) atoms. The molecule has 0 aliphatic carbocycles. The Hall–Kier alpha value is -1.85. The maximum absolute atomic E-state index is 12.6. The molecule has 0 saturated carbocycles. The highest BCUT2D eigenvalue weighted by atomic mass is 32.2. The van der Waals surface area contributed by atoms with E-state index in [0.29, 0.717) is 13.0 Å². The van der Waals surface area contributed by atoms with E-state index in [9.17, 15) is 26.4 Å². The second kappa shape index (κ2) is 8.89. The van der Waals surface area contributed by atoms with Gasteiger partial charge in [0.25, 0.3) is 5.91 Å². The van der Waals surface area contributed by atoms with Crippen LogP contribution in [0.1, 0.15) is 35.2 Å². The molecule has 1 N–H and O–H groups in total. The number of hydrogen-bond donors (Lipinski definition) is 1. The van der Waals surface area contributed by atoms with Crippen molar-refractivity contribution in [3.8, 4) is 5.75 Å². The third-order valence-corrected chi connectivity index (χ3v) is 4.81. The van der Waals surface area contributed by atoms with Crippen molar-refractivity contribution in [3.05, 3.63) is 29.3 Å². The summed E-state index contributed by atoms with van der Waals surface area (Å²) in [6.45, 7) is 0.624. The van der Waals surface area contributed by atoms with Crippen LogP contribution < -0.4 is 9.50 Å². The van der Waals surface area contributed by atoms with Crippen LogP contribution in [0, 0.1) is 0 Å². The minimum atomic E-state index is -5.82. The molecule has 1 aromatic rings. The summed E-state index contributed by atoms with van der Waals surface area (Å²) in [6.07, 6.45) is 2.19. The number of halogens is 3. The minimum absolute atomic E-state index is 0.0351. The Morgan fingerprint density at radius 1 is 1.33 bits per heavy atom. The summed E-state index contributed by atoms with van der Waals surface area (Å²) >= 11 is 0. The SMILES string of the molecule is CNC(=O)c1ccc(OS(=O)(=O)C(F)(F)F)c(CCOC2CCCCO2)c1. The summed E-state index contributed by atoms with van der Waals surface area (Å²) < 4.78 is 75.5. The highest BCUT2D eigenvalue weighted by molar-refractivity contribution is 7.88. The molecule has 11 heteroatoms. The maximum atomic E-state index is 12.6. The monoisotopic (exact) mass is 411 g/mol. The van der Waals surface area contributed by atoms with Gasteiger partial charge in [-0.25, -0.2) is 0 Å². The fourth-order valence-corrected chi connectivity index (χ4v) is 2.94. The van der Waals surface area contributed by atoms with Crippen LogP contribution in [0.4, 0.5) is 13.2 Å². The van der Waals surface area contributed by atoms with Crippen LogP contribution in [0.15, 0.2) is 18.2 Å². The summed E-state index contributed by atoms with van der Waals surface area (Å²) in [7, 11) is -4.43. The van der Waals surface area contributed by atoms with E-state index >= 15 is 0 Å². The summed E-state index contributed by atoms with van der Waals surface area (Å²) in [6, 6.07) is 3.46. The van der Waals surface area contributed by atoms with Crippen molar-refractivity contribution >= 4 is 16.0 Å². The molecular formula is C16H20F3NO6S. The van der Waals surface area contributed by atoms with E-state index < -0.39 is 33.6 Å². The number of rotatable bonds is 7. The van der Waals surface area contributed by atoms with E-state index in [0.717, 1.165) is 18.9 Å². The summed E-state index contributed by atoms with van der Waals surface area (Å²) in [5, 5.41) is 2.38. The minimum Gasteiger partial charge on any atom is -0.376 e. The highest BCUT2D eigenvalue weighted by Gasteiger charge is 2.48. The Bertz CT molecular complexity index is 760. The van der Waals surface area contributed by atoms with Gasteiger partial charge in [0.05, 0.1) is 6.61 Å². The van der Waals surface area contributed by atoms with Gasteiger partial charge >= 0.3 is 15.6 Å². The maximum Gasteiger partial charge on any atom is 0.534 e. The van der Waals surface area contributed by atoms with Crippen LogP contribution in [-0.4, -0.2) is 46.4 Å². The first-order chi connectivity index (χ1) is 12.6. The Labute approximate surface area is 154 Å². The zero-order valence-electron chi connectivity index (χ0n) is 14.5. The number of benzene rings is 1. The smallest absolute Gasteiger partial charge is 0.376 e. The Morgan fingerprint density at radius 2 is 2.07 bits per heavy atom. The van der Waals surface area contributed by atoms with Crippen LogP contribution in [-0.2, 0) is 26.0 Å². The topological polar surface area (TPSA) is 90.9 Å². The van der Waals surface area contributed by atoms with Crippen molar-refractivity contribution in [2.75, 3.05) is 20.3 Å². The average Bonchev–Trinajstić information content (AvgIpc) is 2.62. The second-order valence-corrected chi connectivity index (χ2v) is 7.34. The summed E-state index contributed by atoms with van der Waals surface area (Å²) in [5.74, 6) is -0.980. The summed E-state index contributed by atoms with van der Waals surface area (Å²) in [5.41, 5.74) is -5.31. The van der Waals surface area contributed by atoms with Crippen molar-refractivity contribution in [3.63, 3.8) is 0 Å². The first kappa shape index (κ1) is 21.5. The van der Waals surface area contributed by atoms with Gasteiger partial charge in [-0.05, 0) is 49.4 Å². The normalized spacial score (nSPS) is 18.1. The third kappa shape index (κ3) is 5.81. The number of amides is 1. The average molecular weight is 411 g/mol. The molecule has 1 aliphatic heterocycles. The molecule has 1 heterocycles. The molecule has 1 unspecified atom stereocenters.